The predicted molar refractivity (Wildman–Crippen MR) is 234 cm³/mol. The fourth-order valence-electron chi connectivity index (χ4n) is 6.54. The highest BCUT2D eigenvalue weighted by atomic mass is 16.5. The Bertz CT molecular complexity index is 1630. The second-order valence-electron chi connectivity index (χ2n) is 17.1. The van der Waals surface area contributed by atoms with Crippen molar-refractivity contribution in [2.24, 2.45) is 28.7 Å². The minimum atomic E-state index is -1.09. The molecule has 0 aliphatic heterocycles. The molecule has 0 heterocycles. The van der Waals surface area contributed by atoms with Crippen molar-refractivity contribution in [1.29, 1.82) is 0 Å². The number of unbranched alkanes of at least 4 members (excludes halogenated alkanes) is 1. The van der Waals surface area contributed by atoms with Gasteiger partial charge in [0.05, 0.1) is 6.61 Å². The van der Waals surface area contributed by atoms with Gasteiger partial charge in [0.1, 0.15) is 36.8 Å². The molecule has 0 aliphatic rings. The van der Waals surface area contributed by atoms with Gasteiger partial charge in [0.2, 0.25) is 29.7 Å². The molecule has 2 aromatic rings. The predicted octanol–water partition coefficient (Wildman–Crippen LogP) is 6.70. The third-order valence-electron chi connectivity index (χ3n) is 9.74. The number of likely N-dealkylation sites (N-methyl/N-ethyl adjacent to an activating group) is 2. The van der Waals surface area contributed by atoms with E-state index in [1.807, 2.05) is 123 Å². The van der Waals surface area contributed by atoms with E-state index in [1.165, 1.54) is 30.0 Å². The maximum Gasteiger partial charge on any atom is 0.328 e. The number of carbonyl (C=O) groups excluding carboxylic acids is 6. The van der Waals surface area contributed by atoms with Crippen LogP contribution in [0.15, 0.2) is 65.7 Å². The zero-order chi connectivity index (χ0) is 45.4. The second-order valence-corrected chi connectivity index (χ2v) is 17.1. The average Bonchev–Trinajstić information content (AvgIpc) is 3.20. The number of nitrogens with zero attached hydrogens (tertiary/aromatic N) is 3. The average molecular weight is 835 g/mol. The lowest BCUT2D eigenvalue weighted by molar-refractivity contribution is -0.151. The number of rotatable bonds is 24. The molecule has 0 bridgehead atoms. The summed E-state index contributed by atoms with van der Waals surface area (Å²) in [7, 11) is 3.03. The summed E-state index contributed by atoms with van der Waals surface area (Å²) in [6, 6.07) is 13.4. The maximum atomic E-state index is 14.3. The van der Waals surface area contributed by atoms with Crippen molar-refractivity contribution in [1.82, 2.24) is 20.4 Å². The first-order valence-corrected chi connectivity index (χ1v) is 21.4. The molecular formula is C47H72N5O8. The van der Waals surface area contributed by atoms with Crippen LogP contribution in [0.4, 0.5) is 0 Å². The van der Waals surface area contributed by atoms with Gasteiger partial charge in [-0.05, 0) is 66.9 Å². The first kappa shape index (κ1) is 53.1. The SMILES string of the molecule is CC(C)CC(NC(=O)C(CC(C)C)N(C)C(=O)C(CC(C)C)NC(=O)C(CC(C)C)N(C)C(=O)C(Cc1ccccc1)N=C=O)C(=O)OCc1ccccc1.CCCC[O]. The molecule has 13 heteroatoms. The third kappa shape index (κ3) is 19.9. The number of amides is 4. The Hall–Kier alpha value is -4.87. The highest BCUT2D eigenvalue weighted by Crippen LogP contribution is 2.19. The van der Waals surface area contributed by atoms with Crippen LogP contribution in [0.5, 0.6) is 0 Å². The molecule has 5 atom stereocenters. The molecule has 1 radical (unpaired) electrons. The van der Waals surface area contributed by atoms with Crippen LogP contribution in [0.1, 0.15) is 112 Å². The zero-order valence-corrected chi connectivity index (χ0v) is 37.9. The lowest BCUT2D eigenvalue weighted by Crippen LogP contribution is -2.59. The Balaban J connectivity index is 0.00000338. The summed E-state index contributed by atoms with van der Waals surface area (Å²) >= 11 is 0. The Morgan fingerprint density at radius 2 is 1.08 bits per heavy atom. The number of ether oxygens (including phenoxy) is 1. The van der Waals surface area contributed by atoms with Gasteiger partial charge in [-0.1, -0.05) is 129 Å². The van der Waals surface area contributed by atoms with Gasteiger partial charge in [-0.25, -0.2) is 14.7 Å². The summed E-state index contributed by atoms with van der Waals surface area (Å²) in [6.07, 6.45) is 4.71. The van der Waals surface area contributed by atoms with Crippen molar-refractivity contribution in [3.63, 3.8) is 0 Å². The third-order valence-corrected chi connectivity index (χ3v) is 9.74. The van der Waals surface area contributed by atoms with Crippen LogP contribution in [0, 0.1) is 23.7 Å². The molecule has 2 N–H and O–H groups in total. The van der Waals surface area contributed by atoms with Gasteiger partial charge in [-0.2, -0.15) is 4.99 Å². The van der Waals surface area contributed by atoms with Crippen LogP contribution in [0.25, 0.3) is 0 Å². The minimum absolute atomic E-state index is 0.00524. The maximum absolute atomic E-state index is 14.3. The zero-order valence-electron chi connectivity index (χ0n) is 37.9. The molecule has 4 amide bonds. The molecule has 13 nitrogen and oxygen atoms in total. The van der Waals surface area contributed by atoms with Crippen molar-refractivity contribution < 1.29 is 38.6 Å². The highest BCUT2D eigenvalue weighted by molar-refractivity contribution is 5.95. The number of benzene rings is 2. The minimum Gasteiger partial charge on any atom is -0.459 e. The van der Waals surface area contributed by atoms with Gasteiger partial charge in [0, 0.05) is 20.5 Å². The molecule has 0 saturated carbocycles. The number of aliphatic imine (C=N–C) groups is 1. The lowest BCUT2D eigenvalue weighted by Gasteiger charge is -2.35. The van der Waals surface area contributed by atoms with Gasteiger partial charge in [0.25, 0.3) is 0 Å². The van der Waals surface area contributed by atoms with Crippen LogP contribution in [-0.2, 0) is 51.6 Å². The van der Waals surface area contributed by atoms with E-state index >= 15 is 0 Å². The van der Waals surface area contributed by atoms with Crippen LogP contribution >= 0.6 is 0 Å². The number of hydrogen-bond donors (Lipinski definition) is 2. The molecule has 2 rings (SSSR count). The summed E-state index contributed by atoms with van der Waals surface area (Å²) < 4.78 is 5.60. The number of esters is 1. The van der Waals surface area contributed by atoms with E-state index in [9.17, 15) is 33.9 Å². The monoisotopic (exact) mass is 835 g/mol. The highest BCUT2D eigenvalue weighted by Gasteiger charge is 2.38. The summed E-state index contributed by atoms with van der Waals surface area (Å²) in [5.74, 6) is -2.55. The van der Waals surface area contributed by atoms with Gasteiger partial charge in [-0.15, -0.1) is 0 Å². The molecule has 5 unspecified atom stereocenters. The van der Waals surface area contributed by atoms with Crippen LogP contribution in [0.2, 0.25) is 0 Å². The van der Waals surface area contributed by atoms with Gasteiger partial charge < -0.3 is 25.2 Å². The van der Waals surface area contributed by atoms with E-state index in [-0.39, 0.29) is 56.1 Å². The Labute approximate surface area is 359 Å². The molecule has 0 saturated heterocycles. The first-order valence-electron chi connectivity index (χ1n) is 21.4. The van der Waals surface area contributed by atoms with Crippen molar-refractivity contribution >= 4 is 35.7 Å². The smallest absolute Gasteiger partial charge is 0.328 e. The van der Waals surface area contributed by atoms with Crippen molar-refractivity contribution in [2.75, 3.05) is 20.7 Å². The van der Waals surface area contributed by atoms with Crippen molar-refractivity contribution in [3.8, 4) is 0 Å². The molecule has 0 spiro atoms. The summed E-state index contributed by atoms with van der Waals surface area (Å²) in [5.41, 5.74) is 1.61. The van der Waals surface area contributed by atoms with Crippen LogP contribution < -0.4 is 10.6 Å². The molecule has 2 aromatic carbocycles. The van der Waals surface area contributed by atoms with Gasteiger partial charge >= 0.3 is 5.97 Å². The van der Waals surface area contributed by atoms with Crippen LogP contribution in [-0.4, -0.2) is 96.4 Å². The van der Waals surface area contributed by atoms with Crippen LogP contribution in [0.3, 0.4) is 0 Å². The largest absolute Gasteiger partial charge is 0.459 e. The molecular weight excluding hydrogens is 763 g/mol. The fourth-order valence-corrected chi connectivity index (χ4v) is 6.54. The quantitative estimate of drug-likeness (QED) is 0.0672. The Morgan fingerprint density at radius 3 is 1.50 bits per heavy atom. The summed E-state index contributed by atoms with van der Waals surface area (Å²) in [4.78, 5) is 87.4. The Morgan fingerprint density at radius 1 is 0.650 bits per heavy atom. The molecule has 0 aromatic heterocycles. The number of isocyanates is 1. The lowest BCUT2D eigenvalue weighted by atomic mass is 9.96. The van der Waals surface area contributed by atoms with E-state index in [0.717, 1.165) is 24.0 Å². The topological polar surface area (TPSA) is 174 Å². The first-order chi connectivity index (χ1) is 28.4. The number of nitrogens with one attached hydrogen (secondary N) is 2. The van der Waals surface area contributed by atoms with Gasteiger partial charge in [0.15, 0.2) is 0 Å². The van der Waals surface area contributed by atoms with Crippen molar-refractivity contribution in [2.45, 2.75) is 144 Å². The molecule has 0 fully saturated rings. The van der Waals surface area contributed by atoms with E-state index in [4.69, 9.17) is 4.74 Å². The molecule has 0 aliphatic carbocycles. The number of carbonyl (C=O) groups is 5. The molecule has 333 valence electrons. The van der Waals surface area contributed by atoms with E-state index in [0.29, 0.717) is 12.8 Å². The summed E-state index contributed by atoms with van der Waals surface area (Å²) in [5, 5.41) is 15.3. The molecule has 60 heavy (non-hydrogen) atoms. The Kier molecular flexibility index (Phi) is 25.3. The van der Waals surface area contributed by atoms with Crippen molar-refractivity contribution in [3.05, 3.63) is 71.8 Å². The van der Waals surface area contributed by atoms with E-state index in [1.54, 1.807) is 0 Å². The number of hydrogen-bond acceptors (Lipinski definition) is 8. The fraction of sp³-hybridized carbons (Fsp3) is 0.617. The second kappa shape index (κ2) is 28.6. The summed E-state index contributed by atoms with van der Waals surface area (Å²) in [6.45, 7) is 17.6. The normalized spacial score (nSPS) is 13.5. The van der Waals surface area contributed by atoms with E-state index in [2.05, 4.69) is 15.6 Å². The van der Waals surface area contributed by atoms with Gasteiger partial charge in [-0.3, -0.25) is 19.2 Å². The standard InChI is InChI=1S/C43H63N5O7.C4H9O/c1-28(2)21-35(45-39(50)37(23-30(5)6)47(9)41(52)34(44-27-49)25-32-17-13-11-14-18-32)42(53)48(10)38(24-31(7)8)40(51)46-36(22-29(3)4)43(54)55-26-33-19-15-12-16-20-33;1-2-3-4-5/h11-20,28-31,34-38H,21-26H2,1-10H3,(H,45,50)(H,46,51);2-4H2,1H3. The van der Waals surface area contributed by atoms with E-state index < -0.39 is 59.8 Å².